The van der Waals surface area contributed by atoms with Crippen molar-refractivity contribution < 1.29 is 9.47 Å². The number of fused-ring (bicyclic) bond motifs is 1. The van der Waals surface area contributed by atoms with Crippen LogP contribution in [0.15, 0.2) is 12.1 Å². The summed E-state index contributed by atoms with van der Waals surface area (Å²) in [6.45, 7) is 1.09. The summed E-state index contributed by atoms with van der Waals surface area (Å²) in [5.41, 5.74) is 6.18. The smallest absolute Gasteiger partial charge is 0.184 e. The number of hydrogen-bond acceptors (Lipinski definition) is 3. The topological polar surface area (TPSA) is 44.5 Å². The Kier molecular flexibility index (Phi) is 3.12. The summed E-state index contributed by atoms with van der Waals surface area (Å²) in [7, 11) is 0. The predicted molar refractivity (Wildman–Crippen MR) is 54.1 cm³/mol. The Morgan fingerprint density at radius 2 is 1.92 bits per heavy atom. The molecule has 0 amide bonds. The molecule has 0 aliphatic carbocycles. The first kappa shape index (κ1) is 10.3. The van der Waals surface area contributed by atoms with Crippen LogP contribution in [-0.2, 0) is 0 Å². The number of anilines is 1. The standard InChI is InChI=1S/C8H8ClNO2.ClH/c9-5-3-6(10)8-7(4-5)11-1-2-12-8;/h3-4H,1-2,10H2;1H. The lowest BCUT2D eigenvalue weighted by Gasteiger charge is -2.19. The fourth-order valence-electron chi connectivity index (χ4n) is 1.15. The monoisotopic (exact) mass is 221 g/mol. The number of rotatable bonds is 0. The van der Waals surface area contributed by atoms with Gasteiger partial charge in [0.2, 0.25) is 0 Å². The lowest BCUT2D eigenvalue weighted by molar-refractivity contribution is 0.172. The van der Waals surface area contributed by atoms with E-state index in [4.69, 9.17) is 26.8 Å². The van der Waals surface area contributed by atoms with Crippen molar-refractivity contribution in [2.24, 2.45) is 0 Å². The Labute approximate surface area is 87.2 Å². The zero-order valence-electron chi connectivity index (χ0n) is 6.75. The van der Waals surface area contributed by atoms with E-state index in [0.717, 1.165) is 0 Å². The minimum atomic E-state index is 0. The van der Waals surface area contributed by atoms with E-state index >= 15 is 0 Å². The molecular weight excluding hydrogens is 213 g/mol. The molecule has 0 saturated carbocycles. The van der Waals surface area contributed by atoms with Gasteiger partial charge in [0.15, 0.2) is 11.5 Å². The van der Waals surface area contributed by atoms with Gasteiger partial charge < -0.3 is 15.2 Å². The van der Waals surface area contributed by atoms with Gasteiger partial charge in [0.1, 0.15) is 13.2 Å². The second-order valence-corrected chi connectivity index (χ2v) is 2.96. The molecule has 2 rings (SSSR count). The highest BCUT2D eigenvalue weighted by Gasteiger charge is 2.14. The fraction of sp³-hybridized carbons (Fsp3) is 0.250. The van der Waals surface area contributed by atoms with E-state index in [1.54, 1.807) is 12.1 Å². The first-order chi connectivity index (χ1) is 5.77. The molecule has 0 spiro atoms. The van der Waals surface area contributed by atoms with Crippen molar-refractivity contribution >= 4 is 29.7 Å². The van der Waals surface area contributed by atoms with Crippen LogP contribution in [0.1, 0.15) is 0 Å². The molecule has 0 fully saturated rings. The van der Waals surface area contributed by atoms with Crippen LogP contribution < -0.4 is 15.2 Å². The van der Waals surface area contributed by atoms with E-state index in [1.807, 2.05) is 0 Å². The van der Waals surface area contributed by atoms with Crippen LogP contribution in [0.3, 0.4) is 0 Å². The van der Waals surface area contributed by atoms with Gasteiger partial charge in [0.05, 0.1) is 5.69 Å². The molecule has 0 radical (unpaired) electrons. The van der Waals surface area contributed by atoms with Gasteiger partial charge in [0.25, 0.3) is 0 Å². The molecule has 2 N–H and O–H groups in total. The van der Waals surface area contributed by atoms with Crippen molar-refractivity contribution in [1.82, 2.24) is 0 Å². The van der Waals surface area contributed by atoms with Gasteiger partial charge in [-0.1, -0.05) is 11.6 Å². The van der Waals surface area contributed by atoms with Crippen molar-refractivity contribution in [3.8, 4) is 11.5 Å². The Morgan fingerprint density at radius 1 is 1.23 bits per heavy atom. The number of halogens is 2. The number of nitrogen functional groups attached to an aromatic ring is 1. The summed E-state index contributed by atoms with van der Waals surface area (Å²) < 4.78 is 10.6. The Hall–Kier alpha value is -0.800. The highest BCUT2D eigenvalue weighted by Crippen LogP contribution is 2.38. The third kappa shape index (κ3) is 1.92. The van der Waals surface area contributed by atoms with E-state index < -0.39 is 0 Å². The van der Waals surface area contributed by atoms with Gasteiger partial charge in [-0.25, -0.2) is 0 Å². The molecule has 1 aliphatic rings. The van der Waals surface area contributed by atoms with Crippen LogP contribution in [0.2, 0.25) is 5.02 Å². The van der Waals surface area contributed by atoms with Crippen molar-refractivity contribution in [1.29, 1.82) is 0 Å². The van der Waals surface area contributed by atoms with Crippen molar-refractivity contribution in [3.05, 3.63) is 17.2 Å². The quantitative estimate of drug-likeness (QED) is 0.683. The minimum Gasteiger partial charge on any atom is -0.486 e. The van der Waals surface area contributed by atoms with Gasteiger partial charge in [-0.05, 0) is 6.07 Å². The molecule has 0 atom stereocenters. The van der Waals surface area contributed by atoms with E-state index in [2.05, 4.69) is 0 Å². The minimum absolute atomic E-state index is 0. The molecule has 1 aliphatic heterocycles. The molecule has 1 heterocycles. The van der Waals surface area contributed by atoms with Gasteiger partial charge in [-0.15, -0.1) is 12.4 Å². The zero-order valence-corrected chi connectivity index (χ0v) is 8.32. The highest BCUT2D eigenvalue weighted by atomic mass is 35.5. The van der Waals surface area contributed by atoms with Gasteiger partial charge in [-0.3, -0.25) is 0 Å². The average molecular weight is 222 g/mol. The number of nitrogens with two attached hydrogens (primary N) is 1. The molecule has 1 aromatic rings. The number of hydrogen-bond donors (Lipinski definition) is 1. The highest BCUT2D eigenvalue weighted by molar-refractivity contribution is 6.31. The lowest BCUT2D eigenvalue weighted by Crippen LogP contribution is -2.16. The maximum Gasteiger partial charge on any atom is 0.184 e. The van der Waals surface area contributed by atoms with Crippen LogP contribution in [0.5, 0.6) is 11.5 Å². The summed E-state index contributed by atoms with van der Waals surface area (Å²) in [5.74, 6) is 1.23. The lowest BCUT2D eigenvalue weighted by atomic mass is 10.2. The molecule has 3 nitrogen and oxygen atoms in total. The van der Waals surface area contributed by atoms with Crippen LogP contribution in [0.4, 0.5) is 5.69 Å². The molecule has 0 aromatic heterocycles. The normalized spacial score (nSPS) is 13.3. The number of ether oxygens (including phenoxy) is 2. The third-order valence-corrected chi connectivity index (χ3v) is 1.85. The maximum atomic E-state index is 5.77. The largest absolute Gasteiger partial charge is 0.486 e. The molecule has 0 saturated heterocycles. The molecular formula is C8H9Cl2NO2. The van der Waals surface area contributed by atoms with E-state index in [9.17, 15) is 0 Å². The second-order valence-electron chi connectivity index (χ2n) is 2.52. The Morgan fingerprint density at radius 3 is 2.69 bits per heavy atom. The summed E-state index contributed by atoms with van der Waals surface area (Å²) in [5, 5.41) is 0.566. The number of benzene rings is 1. The second kappa shape index (κ2) is 3.94. The van der Waals surface area contributed by atoms with Crippen molar-refractivity contribution in [2.75, 3.05) is 18.9 Å². The molecule has 72 valence electrons. The summed E-state index contributed by atoms with van der Waals surface area (Å²) in [6.07, 6.45) is 0. The van der Waals surface area contributed by atoms with Crippen LogP contribution >= 0.6 is 24.0 Å². The van der Waals surface area contributed by atoms with Crippen LogP contribution in [0.25, 0.3) is 0 Å². The molecule has 13 heavy (non-hydrogen) atoms. The first-order valence-corrected chi connectivity index (χ1v) is 4.00. The molecule has 0 unspecified atom stereocenters. The summed E-state index contributed by atoms with van der Waals surface area (Å²) in [4.78, 5) is 0. The van der Waals surface area contributed by atoms with Crippen molar-refractivity contribution in [2.45, 2.75) is 0 Å². The Bertz CT molecular complexity index is 317. The van der Waals surface area contributed by atoms with Gasteiger partial charge in [0, 0.05) is 11.1 Å². The summed E-state index contributed by atoms with van der Waals surface area (Å²) >= 11 is 5.77. The Balaban J connectivity index is 0.000000845. The molecule has 0 bridgehead atoms. The fourth-order valence-corrected chi connectivity index (χ4v) is 1.36. The van der Waals surface area contributed by atoms with E-state index in [0.29, 0.717) is 35.4 Å². The maximum absolute atomic E-state index is 5.77. The summed E-state index contributed by atoms with van der Waals surface area (Å²) in [6, 6.07) is 3.35. The average Bonchev–Trinajstić information content (AvgIpc) is 2.04. The zero-order chi connectivity index (χ0) is 8.55. The predicted octanol–water partition coefficient (Wildman–Crippen LogP) is 2.12. The van der Waals surface area contributed by atoms with Crippen LogP contribution in [0, 0.1) is 0 Å². The van der Waals surface area contributed by atoms with E-state index in [-0.39, 0.29) is 12.4 Å². The van der Waals surface area contributed by atoms with Gasteiger partial charge >= 0.3 is 0 Å². The SMILES string of the molecule is Cl.Nc1cc(Cl)cc2c1OCCO2. The molecule has 1 aromatic carbocycles. The van der Waals surface area contributed by atoms with Crippen molar-refractivity contribution in [3.63, 3.8) is 0 Å². The molecule has 5 heteroatoms. The third-order valence-electron chi connectivity index (χ3n) is 1.64. The van der Waals surface area contributed by atoms with Crippen LogP contribution in [-0.4, -0.2) is 13.2 Å². The van der Waals surface area contributed by atoms with Gasteiger partial charge in [-0.2, -0.15) is 0 Å². The first-order valence-electron chi connectivity index (χ1n) is 3.62. The van der Waals surface area contributed by atoms with E-state index in [1.165, 1.54) is 0 Å².